The number of aromatic nitrogens is 5. The van der Waals surface area contributed by atoms with Gasteiger partial charge < -0.3 is 112 Å². The van der Waals surface area contributed by atoms with Crippen LogP contribution < -0.4 is 52.3 Å². The number of benzene rings is 5. The van der Waals surface area contributed by atoms with Crippen LogP contribution in [0.3, 0.4) is 0 Å². The lowest BCUT2D eigenvalue weighted by molar-refractivity contribution is 0.0992. The van der Waals surface area contributed by atoms with Gasteiger partial charge in [-0.15, -0.1) is 0 Å². The van der Waals surface area contributed by atoms with Crippen molar-refractivity contribution in [1.29, 1.82) is 26.3 Å². The zero-order chi connectivity index (χ0) is 97.4. The van der Waals surface area contributed by atoms with Gasteiger partial charge in [0.25, 0.3) is 0 Å². The van der Waals surface area contributed by atoms with Crippen LogP contribution in [-0.4, -0.2) is 222 Å². The van der Waals surface area contributed by atoms with E-state index in [2.05, 4.69) is 94.7 Å². The second kappa shape index (κ2) is 85.3. The number of hydrogen-bond acceptors (Lipinski definition) is 32. The smallest absolute Gasteiger partial charge is 0.151 e. The van der Waals surface area contributed by atoms with Crippen LogP contribution in [0.15, 0.2) is 206 Å². The molecule has 0 saturated heterocycles. The summed E-state index contributed by atoms with van der Waals surface area (Å²) in [6, 6.07) is 76.2. The van der Waals surface area contributed by atoms with Gasteiger partial charge in [-0.2, -0.15) is 26.3 Å². The average molecular weight is 1790 g/mol. The second-order valence-corrected chi connectivity index (χ2v) is 26.7. The molecule has 0 aliphatic carbocycles. The van der Waals surface area contributed by atoms with Gasteiger partial charge in [0, 0.05) is 151 Å². The first-order valence-electron chi connectivity index (χ1n) is 42.1. The molecule has 5 aromatic heterocycles. The molecule has 15 N–H and O–H groups in total. The minimum atomic E-state index is 0.0249. The number of methoxy groups -OCH3 is 3. The van der Waals surface area contributed by atoms with Crippen molar-refractivity contribution in [1.82, 2.24) is 24.9 Å². The van der Waals surface area contributed by atoms with Crippen molar-refractivity contribution in [2.24, 2.45) is 0 Å². The Morgan fingerprint density at radius 2 is 0.569 bits per heavy atom. The standard InChI is InChI=1S/C19H16N4.3C16H21N3O2.C14H25N3O2.C3H8O.4C2H3N.3C2H6O/c1-14-12-18(21-15-8-4-2-5-9-15)23-19(17(14)13-20)22-16-10-6-3-7-11-16;1-13-11-15(17-14-5-3-2-4-6-14)18-16(12-13)19(7-9-20)8-10-21;2*1-13-11-15(17-7-9-21-10-8-20)19-16(12-13)18-14-5-3-2-4-6-14;1-3-4-5-15-13-10-12(2)11-14(16-13)17(6-8-18)7-9-19;1-2-3-4;4*1-2-3;3*1-3-2/h2-12H,1H3,(H2,21,22,23);2-6,11-12,20-21H,7-10H2,1H3,(H,17,18);2*2-6,11-12,20H,7-10H2,1H3,(H2,17,18,19);10-11,18-19H,3-9H2,1-2H3,(H,15,16);4H,2-3H2,1H3;4*1H3;3*1-2H3. The fourth-order valence-electron chi connectivity index (χ4n) is 10.1. The number of hydrogen-bond donors (Lipinski definition) is 15. The lowest BCUT2D eigenvalue weighted by Crippen LogP contribution is -2.30. The molecule has 5 aromatic carbocycles. The predicted octanol–water partition coefficient (Wildman–Crippen LogP) is 16.5. The number of ether oxygens (including phenoxy) is 5. The number of pyridine rings is 5. The van der Waals surface area contributed by atoms with E-state index in [1.54, 1.807) is 66.9 Å². The van der Waals surface area contributed by atoms with Crippen molar-refractivity contribution in [2.45, 2.75) is 95.4 Å². The largest absolute Gasteiger partial charge is 0.396 e. The molecule has 0 radical (unpaired) electrons. The Hall–Kier alpha value is -13.2. The summed E-state index contributed by atoms with van der Waals surface area (Å²) in [6.07, 6.45) is 3.13. The third-order valence-corrected chi connectivity index (χ3v) is 15.2. The number of rotatable bonds is 37. The summed E-state index contributed by atoms with van der Waals surface area (Å²) in [5.74, 6) is 7.62. The van der Waals surface area contributed by atoms with Crippen molar-refractivity contribution >= 4 is 86.6 Å². The highest BCUT2D eigenvalue weighted by Crippen LogP contribution is 2.28. The third kappa shape index (κ3) is 63.7. The molecule has 5 heterocycles. The maximum absolute atomic E-state index is 9.41. The summed E-state index contributed by atoms with van der Waals surface area (Å²) in [5.41, 5.74) is 10.7. The lowest BCUT2D eigenvalue weighted by Gasteiger charge is -2.23. The van der Waals surface area contributed by atoms with Gasteiger partial charge in [0.1, 0.15) is 58.4 Å². The second-order valence-electron chi connectivity index (χ2n) is 26.7. The minimum absolute atomic E-state index is 0.0249. The van der Waals surface area contributed by atoms with E-state index < -0.39 is 0 Å². The zero-order valence-corrected chi connectivity index (χ0v) is 79.0. The van der Waals surface area contributed by atoms with E-state index in [-0.39, 0.29) is 39.6 Å². The van der Waals surface area contributed by atoms with E-state index >= 15 is 0 Å². The molecule has 0 aliphatic heterocycles. The predicted molar refractivity (Wildman–Crippen MR) is 528 cm³/mol. The van der Waals surface area contributed by atoms with Gasteiger partial charge in [0.15, 0.2) is 5.82 Å². The Morgan fingerprint density at radius 1 is 0.315 bits per heavy atom. The maximum Gasteiger partial charge on any atom is 0.151 e. The van der Waals surface area contributed by atoms with Crippen molar-refractivity contribution in [3.63, 3.8) is 0 Å². The topological polar surface area (TPSA) is 474 Å². The van der Waals surface area contributed by atoms with E-state index in [1.165, 1.54) is 27.7 Å². The summed E-state index contributed by atoms with van der Waals surface area (Å²) < 4.78 is 23.2. The molecule has 0 bridgehead atoms. The molecule has 0 unspecified atom stereocenters. The SMILES string of the molecule is CC#N.CC#N.CC#N.CC#N.CCCCNc1cc(C)cc(N(CCO)CCO)n1.CCCO.COC.COC.COC.Cc1cc(NCCOCCO)nc(Nc2ccccc2)c1.Cc1cc(NCCOCCO)nc(Nc2ccccc2)c1.Cc1cc(Nc2ccccc2)nc(N(CCO)CCO)c1.Cc1cc(Nc2ccccc2)nc(Nc2ccccc2)c1C#N. The Kier molecular flexibility index (Phi) is 79.3. The van der Waals surface area contributed by atoms with Crippen molar-refractivity contribution in [3.05, 3.63) is 240 Å². The van der Waals surface area contributed by atoms with E-state index in [9.17, 15) is 5.26 Å². The zero-order valence-electron chi connectivity index (χ0n) is 79.0. The van der Waals surface area contributed by atoms with Gasteiger partial charge in [0.2, 0.25) is 0 Å². The minimum Gasteiger partial charge on any atom is -0.396 e. The molecule has 32 heteroatoms. The molecule has 0 atom stereocenters. The first-order valence-corrected chi connectivity index (χ1v) is 42.1. The van der Waals surface area contributed by atoms with Crippen molar-refractivity contribution in [3.8, 4) is 30.3 Å². The molecule has 706 valence electrons. The number of aryl methyl sites for hydroxylation is 5. The summed E-state index contributed by atoms with van der Waals surface area (Å²) in [7, 11) is 9.75. The number of unbranched alkanes of at least 4 members (excludes halogenated alkanes) is 1. The van der Waals surface area contributed by atoms with Gasteiger partial charge in [0.05, 0.1) is 95.9 Å². The van der Waals surface area contributed by atoms with E-state index in [0.29, 0.717) is 89.5 Å². The Balaban J connectivity index is -0.00000145. The number of aliphatic hydroxyl groups excluding tert-OH is 7. The molecule has 130 heavy (non-hydrogen) atoms. The quantitative estimate of drug-likeness (QED) is 0.0161. The third-order valence-electron chi connectivity index (χ3n) is 15.2. The van der Waals surface area contributed by atoms with Gasteiger partial charge in [-0.1, -0.05) is 111 Å². The highest BCUT2D eigenvalue weighted by atomic mass is 16.5. The van der Waals surface area contributed by atoms with Gasteiger partial charge in [-0.3, -0.25) is 0 Å². The van der Waals surface area contributed by atoms with Crippen LogP contribution in [0.2, 0.25) is 0 Å². The number of nitriles is 5. The molecule has 10 aromatic rings. The summed E-state index contributed by atoms with van der Waals surface area (Å²) in [5, 5.41) is 126. The molecule has 0 amide bonds. The molecule has 0 fully saturated rings. The molecule has 32 nitrogen and oxygen atoms in total. The fraction of sp³-hybridized carbons (Fsp3) is 0.388. The molecular weight excluding hydrogens is 1650 g/mol. The first-order chi connectivity index (χ1) is 63.1. The number of nitrogens with one attached hydrogen (secondary N) is 8. The van der Waals surface area contributed by atoms with Crippen LogP contribution in [0.4, 0.5) is 86.6 Å². The lowest BCUT2D eigenvalue weighted by atomic mass is 10.1. The highest BCUT2D eigenvalue weighted by molar-refractivity contribution is 5.70. The molecular formula is C98H142N20O12. The number of para-hydroxylation sites is 5. The monoisotopic (exact) mass is 1790 g/mol. The maximum atomic E-state index is 9.41. The summed E-state index contributed by atoms with van der Waals surface area (Å²) in [6.45, 7) is 26.2. The molecule has 0 saturated carbocycles. The number of nitrogens with zero attached hydrogens (tertiary/aromatic N) is 12. The van der Waals surface area contributed by atoms with Gasteiger partial charge >= 0.3 is 0 Å². The number of aliphatic hydroxyl groups is 7. The Morgan fingerprint density at radius 3 is 0.846 bits per heavy atom. The molecule has 0 spiro atoms. The van der Waals surface area contributed by atoms with Gasteiger partial charge in [-0.25, -0.2) is 24.9 Å². The Bertz CT molecular complexity index is 4440. The molecule has 10 rings (SSSR count). The Labute approximate surface area is 772 Å². The average Bonchev–Trinajstić information content (AvgIpc) is 0.837. The van der Waals surface area contributed by atoms with Gasteiger partial charge in [-0.05, 0) is 191 Å². The van der Waals surface area contributed by atoms with E-state index in [0.717, 1.165) is 129 Å². The fourth-order valence-corrected chi connectivity index (χ4v) is 10.1. The summed E-state index contributed by atoms with van der Waals surface area (Å²) >= 11 is 0. The molecule has 0 aliphatic rings. The normalized spacial score (nSPS) is 9.22. The van der Waals surface area contributed by atoms with Crippen molar-refractivity contribution in [2.75, 3.05) is 213 Å². The van der Waals surface area contributed by atoms with Crippen LogP contribution in [0.1, 0.15) is 94.2 Å². The van der Waals surface area contributed by atoms with Crippen LogP contribution >= 0.6 is 0 Å². The van der Waals surface area contributed by atoms with Crippen LogP contribution in [0.25, 0.3) is 0 Å². The number of anilines is 15. The van der Waals surface area contributed by atoms with Crippen LogP contribution in [0.5, 0.6) is 0 Å². The summed E-state index contributed by atoms with van der Waals surface area (Å²) in [4.78, 5) is 26.4. The van der Waals surface area contributed by atoms with Crippen LogP contribution in [-0.2, 0) is 23.7 Å². The van der Waals surface area contributed by atoms with E-state index in [4.69, 9.17) is 66.3 Å². The van der Waals surface area contributed by atoms with E-state index in [1.807, 2.05) is 258 Å². The highest BCUT2D eigenvalue weighted by Gasteiger charge is 2.14. The van der Waals surface area contributed by atoms with Crippen molar-refractivity contribution < 1.29 is 59.4 Å². The van der Waals surface area contributed by atoms with Crippen LogP contribution in [0, 0.1) is 91.3 Å². The first kappa shape index (κ1) is 121.